The second-order valence-electron chi connectivity index (χ2n) is 7.70. The quantitative estimate of drug-likeness (QED) is 0.455. The van der Waals surface area contributed by atoms with Gasteiger partial charge in [0, 0.05) is 39.3 Å². The predicted octanol–water partition coefficient (Wildman–Crippen LogP) is 3.65. The van der Waals surface area contributed by atoms with Gasteiger partial charge in [0.2, 0.25) is 0 Å². The Morgan fingerprint density at radius 2 is 1.78 bits per heavy atom. The van der Waals surface area contributed by atoms with Gasteiger partial charge in [0.15, 0.2) is 0 Å². The minimum Gasteiger partial charge on any atom is -0.379 e. The molecule has 2 saturated heterocycles. The van der Waals surface area contributed by atoms with Gasteiger partial charge in [0.1, 0.15) is 5.00 Å². The lowest BCUT2D eigenvalue weighted by Crippen LogP contribution is -2.53. The first-order valence-corrected chi connectivity index (χ1v) is 10.6. The van der Waals surface area contributed by atoms with E-state index in [1.807, 2.05) is 0 Å². The third-order valence-electron chi connectivity index (χ3n) is 5.99. The molecule has 2 aliphatic rings. The molecule has 2 aliphatic heterocycles. The topological polar surface area (TPSA) is 27.7 Å². The number of halogens is 1. The molecule has 0 amide bonds. The van der Waals surface area contributed by atoms with Crippen molar-refractivity contribution in [3.8, 4) is 0 Å². The highest BCUT2D eigenvalue weighted by Gasteiger charge is 2.41. The number of benzene rings is 1. The first kappa shape index (κ1) is 20.8. The van der Waals surface area contributed by atoms with Crippen molar-refractivity contribution >= 4 is 11.6 Å². The van der Waals surface area contributed by atoms with Gasteiger partial charge in [-0.2, -0.15) is 0 Å². The van der Waals surface area contributed by atoms with E-state index in [4.69, 9.17) is 16.3 Å². The first-order valence-electron chi connectivity index (χ1n) is 10.3. The van der Waals surface area contributed by atoms with Crippen LogP contribution in [0.2, 0.25) is 0 Å². The van der Waals surface area contributed by atoms with Gasteiger partial charge < -0.3 is 10.1 Å². The Morgan fingerprint density at radius 1 is 1.15 bits per heavy atom. The van der Waals surface area contributed by atoms with Gasteiger partial charge in [-0.3, -0.25) is 9.80 Å². The smallest absolute Gasteiger partial charge is 0.117 e. The molecule has 150 valence electrons. The summed E-state index contributed by atoms with van der Waals surface area (Å²) in [6.07, 6.45) is 1.01. The molecule has 0 aliphatic carbocycles. The molecular weight excluding hydrogens is 358 g/mol. The highest BCUT2D eigenvalue weighted by molar-refractivity contribution is 6.25. The number of nitrogens with one attached hydrogen (secondary N) is 1. The molecular formula is C22H34ClN3O. The number of ether oxygens (including phenoxy) is 1. The molecule has 0 aromatic heterocycles. The van der Waals surface area contributed by atoms with Crippen LogP contribution in [0.1, 0.15) is 38.8 Å². The molecule has 0 spiro atoms. The number of piperazine rings is 1. The molecule has 1 aromatic rings. The summed E-state index contributed by atoms with van der Waals surface area (Å²) in [5, 5.41) is 3.49. The second-order valence-corrected chi connectivity index (χ2v) is 8.44. The Morgan fingerprint density at radius 3 is 2.37 bits per heavy atom. The van der Waals surface area contributed by atoms with Gasteiger partial charge in [-0.05, 0) is 31.4 Å². The average Bonchev–Trinajstić information content (AvgIpc) is 2.73. The summed E-state index contributed by atoms with van der Waals surface area (Å²) in [5.74, 6) is 0. The predicted molar refractivity (Wildman–Crippen MR) is 113 cm³/mol. The van der Waals surface area contributed by atoms with Crippen LogP contribution in [-0.4, -0.2) is 67.3 Å². The van der Waals surface area contributed by atoms with Crippen LogP contribution in [0.5, 0.6) is 0 Å². The lowest BCUT2D eigenvalue weighted by molar-refractivity contribution is 0.0134. The van der Waals surface area contributed by atoms with Crippen LogP contribution >= 0.6 is 11.6 Å². The third-order valence-corrected chi connectivity index (χ3v) is 6.43. The molecule has 5 heteroatoms. The van der Waals surface area contributed by atoms with E-state index in [0.717, 1.165) is 58.9 Å². The molecule has 27 heavy (non-hydrogen) atoms. The molecule has 1 N–H and O–H groups in total. The summed E-state index contributed by atoms with van der Waals surface area (Å²) < 4.78 is 5.59. The fourth-order valence-electron chi connectivity index (χ4n) is 4.35. The molecule has 2 heterocycles. The van der Waals surface area contributed by atoms with E-state index in [9.17, 15) is 0 Å². The summed E-state index contributed by atoms with van der Waals surface area (Å²) in [6.45, 7) is 14.1. The molecule has 2 atom stereocenters. The summed E-state index contributed by atoms with van der Waals surface area (Å²) in [5.41, 5.74) is 4.08. The van der Waals surface area contributed by atoms with Crippen molar-refractivity contribution < 1.29 is 4.74 Å². The van der Waals surface area contributed by atoms with Crippen molar-refractivity contribution in [1.29, 1.82) is 0 Å². The number of hydrogen-bond donors (Lipinski definition) is 1. The van der Waals surface area contributed by atoms with E-state index in [1.54, 1.807) is 0 Å². The van der Waals surface area contributed by atoms with E-state index in [0.29, 0.717) is 0 Å². The maximum Gasteiger partial charge on any atom is 0.117 e. The van der Waals surface area contributed by atoms with Gasteiger partial charge in [0.05, 0.1) is 19.3 Å². The first-order chi connectivity index (χ1) is 13.1. The highest BCUT2D eigenvalue weighted by atomic mass is 35.5. The molecule has 4 nitrogen and oxygen atoms in total. The largest absolute Gasteiger partial charge is 0.379 e. The highest BCUT2D eigenvalue weighted by Crippen LogP contribution is 2.43. The maximum absolute atomic E-state index is 7.39. The summed E-state index contributed by atoms with van der Waals surface area (Å²) in [4.78, 5) is 4.47. The lowest BCUT2D eigenvalue weighted by atomic mass is 9.86. The number of rotatable bonds is 6. The molecule has 2 fully saturated rings. The Labute approximate surface area is 169 Å². The molecule has 2 unspecified atom stereocenters. The standard InChI is InChI=1S/C22H34ClN3O/c1-4-18(2)20(22(3,23)26-14-16-27-17-15-26)21(19-8-6-5-7-9-19)25-12-10-24-11-13-25/h5-9,21,24H,4,10-17H2,1-3H3/b20-18-. The molecule has 0 saturated carbocycles. The minimum atomic E-state index is -0.519. The van der Waals surface area contributed by atoms with E-state index < -0.39 is 5.00 Å². The number of allylic oxidation sites excluding steroid dienone is 1. The van der Waals surface area contributed by atoms with Crippen LogP contribution in [0.15, 0.2) is 41.5 Å². The Hall–Kier alpha value is -0.910. The second kappa shape index (κ2) is 9.53. The fourth-order valence-corrected chi connectivity index (χ4v) is 4.79. The van der Waals surface area contributed by atoms with Gasteiger partial charge in [-0.25, -0.2) is 0 Å². The van der Waals surface area contributed by atoms with Crippen molar-refractivity contribution in [3.05, 3.63) is 47.0 Å². The Balaban J connectivity index is 2.05. The van der Waals surface area contributed by atoms with Crippen LogP contribution < -0.4 is 5.32 Å². The molecule has 3 rings (SSSR count). The van der Waals surface area contributed by atoms with E-state index in [-0.39, 0.29) is 6.04 Å². The normalized spacial score (nSPS) is 24.1. The van der Waals surface area contributed by atoms with Crippen LogP contribution in [0.4, 0.5) is 0 Å². The average molecular weight is 392 g/mol. The molecule has 0 bridgehead atoms. The number of hydrogen-bond acceptors (Lipinski definition) is 4. The van der Waals surface area contributed by atoms with E-state index in [1.165, 1.54) is 16.7 Å². The van der Waals surface area contributed by atoms with Crippen molar-refractivity contribution in [3.63, 3.8) is 0 Å². The summed E-state index contributed by atoms with van der Waals surface area (Å²) in [7, 11) is 0. The van der Waals surface area contributed by atoms with Crippen molar-refractivity contribution in [2.45, 2.75) is 38.2 Å². The van der Waals surface area contributed by atoms with Crippen LogP contribution in [0.3, 0.4) is 0 Å². The van der Waals surface area contributed by atoms with E-state index >= 15 is 0 Å². The van der Waals surface area contributed by atoms with Crippen LogP contribution in [-0.2, 0) is 4.74 Å². The minimum absolute atomic E-state index is 0.207. The number of nitrogens with zero attached hydrogens (tertiary/aromatic N) is 2. The fraction of sp³-hybridized carbons (Fsp3) is 0.636. The number of morpholine rings is 1. The van der Waals surface area contributed by atoms with Gasteiger partial charge >= 0.3 is 0 Å². The molecule has 0 radical (unpaired) electrons. The van der Waals surface area contributed by atoms with Gasteiger partial charge in [-0.15, -0.1) is 0 Å². The van der Waals surface area contributed by atoms with Crippen LogP contribution in [0.25, 0.3) is 0 Å². The van der Waals surface area contributed by atoms with Crippen molar-refractivity contribution in [2.24, 2.45) is 0 Å². The van der Waals surface area contributed by atoms with Crippen LogP contribution in [0, 0.1) is 0 Å². The molecule has 1 aromatic carbocycles. The van der Waals surface area contributed by atoms with Crippen molar-refractivity contribution in [2.75, 3.05) is 52.5 Å². The summed E-state index contributed by atoms with van der Waals surface area (Å²) >= 11 is 7.39. The zero-order valence-electron chi connectivity index (χ0n) is 17.0. The van der Waals surface area contributed by atoms with Gasteiger partial charge in [-0.1, -0.05) is 54.4 Å². The van der Waals surface area contributed by atoms with E-state index in [2.05, 4.69) is 66.2 Å². The Bertz CT molecular complexity index is 620. The van der Waals surface area contributed by atoms with Crippen molar-refractivity contribution in [1.82, 2.24) is 15.1 Å². The maximum atomic E-state index is 7.39. The monoisotopic (exact) mass is 391 g/mol. The lowest BCUT2D eigenvalue weighted by Gasteiger charge is -2.47. The zero-order valence-corrected chi connectivity index (χ0v) is 17.8. The zero-order chi connectivity index (χ0) is 19.3. The third kappa shape index (κ3) is 4.75. The SMILES string of the molecule is CC/C(C)=C(/C(c1ccccc1)N1CCNCC1)C(C)(Cl)N1CCOCC1. The van der Waals surface area contributed by atoms with Gasteiger partial charge in [0.25, 0.3) is 0 Å². The Kier molecular flexibility index (Phi) is 7.35. The number of alkyl halides is 1. The summed E-state index contributed by atoms with van der Waals surface area (Å²) in [6, 6.07) is 11.1.